The van der Waals surface area contributed by atoms with Crippen LogP contribution in [0.3, 0.4) is 0 Å². The van der Waals surface area contributed by atoms with Gasteiger partial charge in [0.1, 0.15) is 5.75 Å². The molecule has 2 N–H and O–H groups in total. The minimum Gasteiger partial charge on any atom is -0.495 e. The molecule has 0 atom stereocenters. The van der Waals surface area contributed by atoms with E-state index < -0.39 is 0 Å². The maximum atomic E-state index is 11.4. The number of rotatable bonds is 4. The van der Waals surface area contributed by atoms with Crippen LogP contribution in [0.2, 0.25) is 0 Å². The highest BCUT2D eigenvalue weighted by Crippen LogP contribution is 2.22. The van der Waals surface area contributed by atoms with Gasteiger partial charge in [-0.25, -0.2) is 4.79 Å². The molecular formula is C11H13BrN2O2. The van der Waals surface area contributed by atoms with E-state index in [2.05, 4.69) is 33.1 Å². The summed E-state index contributed by atoms with van der Waals surface area (Å²) in [5.74, 6) is 0.621. The molecule has 0 bridgehead atoms. The van der Waals surface area contributed by atoms with E-state index in [9.17, 15) is 4.79 Å². The average molecular weight is 285 g/mol. The number of carbonyl (C=O) groups excluding carboxylic acids is 1. The molecule has 86 valence electrons. The Hall–Kier alpha value is -1.49. The van der Waals surface area contributed by atoms with Crippen LogP contribution < -0.4 is 15.4 Å². The van der Waals surface area contributed by atoms with Crippen LogP contribution in [0, 0.1) is 0 Å². The summed E-state index contributed by atoms with van der Waals surface area (Å²) in [6.07, 6.45) is 0. The van der Waals surface area contributed by atoms with Gasteiger partial charge in [0, 0.05) is 4.48 Å². The smallest absolute Gasteiger partial charge is 0.319 e. The lowest BCUT2D eigenvalue weighted by Gasteiger charge is -2.10. The second-order valence-corrected chi connectivity index (χ2v) is 4.15. The molecule has 0 aliphatic carbocycles. The highest BCUT2D eigenvalue weighted by molar-refractivity contribution is 9.11. The number of hydrogen-bond acceptors (Lipinski definition) is 2. The first kappa shape index (κ1) is 12.6. The van der Waals surface area contributed by atoms with Crippen molar-refractivity contribution in [1.29, 1.82) is 0 Å². The zero-order valence-corrected chi connectivity index (χ0v) is 10.5. The third-order valence-electron chi connectivity index (χ3n) is 1.80. The number of hydrogen-bond donors (Lipinski definition) is 2. The number of benzene rings is 1. The van der Waals surface area contributed by atoms with Crippen molar-refractivity contribution < 1.29 is 9.53 Å². The van der Waals surface area contributed by atoms with Crippen LogP contribution in [-0.4, -0.2) is 19.7 Å². The zero-order valence-electron chi connectivity index (χ0n) is 8.92. The van der Waals surface area contributed by atoms with Crippen molar-refractivity contribution in [3.8, 4) is 5.75 Å². The summed E-state index contributed by atoms with van der Waals surface area (Å²) in [5, 5.41) is 5.31. The lowest BCUT2D eigenvalue weighted by molar-refractivity contribution is 0.253. The number of urea groups is 1. The molecule has 0 aliphatic rings. The Morgan fingerprint density at radius 1 is 1.50 bits per heavy atom. The number of para-hydroxylation sites is 2. The predicted molar refractivity (Wildman–Crippen MR) is 68.1 cm³/mol. The van der Waals surface area contributed by atoms with E-state index in [1.165, 1.54) is 0 Å². The van der Waals surface area contributed by atoms with Crippen LogP contribution in [0.15, 0.2) is 35.3 Å². The first-order chi connectivity index (χ1) is 7.63. The van der Waals surface area contributed by atoms with Gasteiger partial charge in [0.15, 0.2) is 0 Å². The van der Waals surface area contributed by atoms with E-state index in [0.29, 0.717) is 22.5 Å². The summed E-state index contributed by atoms with van der Waals surface area (Å²) in [5.41, 5.74) is 0.627. The van der Waals surface area contributed by atoms with E-state index >= 15 is 0 Å². The van der Waals surface area contributed by atoms with Gasteiger partial charge in [0.05, 0.1) is 19.3 Å². The van der Waals surface area contributed by atoms with Crippen molar-refractivity contribution in [2.24, 2.45) is 0 Å². The van der Waals surface area contributed by atoms with Gasteiger partial charge >= 0.3 is 6.03 Å². The third kappa shape index (κ3) is 3.94. The summed E-state index contributed by atoms with van der Waals surface area (Å²) >= 11 is 3.15. The second kappa shape index (κ2) is 6.17. The summed E-state index contributed by atoms with van der Waals surface area (Å²) in [7, 11) is 1.55. The van der Waals surface area contributed by atoms with Gasteiger partial charge in [-0.15, -0.1) is 0 Å². The fourth-order valence-electron chi connectivity index (χ4n) is 1.09. The number of nitrogens with one attached hydrogen (secondary N) is 2. The molecule has 16 heavy (non-hydrogen) atoms. The second-order valence-electron chi connectivity index (χ2n) is 3.03. The number of amides is 2. The van der Waals surface area contributed by atoms with Gasteiger partial charge in [-0.05, 0) is 12.1 Å². The molecule has 0 saturated heterocycles. The molecule has 1 aromatic carbocycles. The van der Waals surface area contributed by atoms with Gasteiger partial charge in [0.2, 0.25) is 0 Å². The number of halogens is 1. The molecular weight excluding hydrogens is 272 g/mol. The Balaban J connectivity index is 2.58. The summed E-state index contributed by atoms with van der Waals surface area (Å²) < 4.78 is 5.81. The SMILES string of the molecule is C=C(Br)CNC(=O)Nc1ccccc1OC. The summed E-state index contributed by atoms with van der Waals surface area (Å²) in [6.45, 7) is 3.99. The Morgan fingerprint density at radius 2 is 2.19 bits per heavy atom. The normalized spacial score (nSPS) is 9.38. The van der Waals surface area contributed by atoms with Crippen molar-refractivity contribution in [2.45, 2.75) is 0 Å². The zero-order chi connectivity index (χ0) is 12.0. The van der Waals surface area contributed by atoms with Gasteiger partial charge in [-0.2, -0.15) is 0 Å². The summed E-state index contributed by atoms with van der Waals surface area (Å²) in [4.78, 5) is 11.4. The van der Waals surface area contributed by atoms with Crippen LogP contribution in [0.25, 0.3) is 0 Å². The van der Waals surface area contributed by atoms with Gasteiger partial charge in [-0.1, -0.05) is 34.6 Å². The molecule has 0 aliphatic heterocycles. The molecule has 1 aromatic rings. The molecule has 0 radical (unpaired) electrons. The van der Waals surface area contributed by atoms with Crippen molar-refractivity contribution in [3.63, 3.8) is 0 Å². The highest BCUT2D eigenvalue weighted by atomic mass is 79.9. The first-order valence-corrected chi connectivity index (χ1v) is 5.44. The standard InChI is InChI=1S/C11H13BrN2O2/c1-8(12)7-13-11(15)14-9-5-3-4-6-10(9)16-2/h3-6H,1,7H2,2H3,(H2,13,14,15). The number of ether oxygens (including phenoxy) is 1. The molecule has 0 saturated carbocycles. The molecule has 0 unspecified atom stereocenters. The Kier molecular flexibility index (Phi) is 4.85. The summed E-state index contributed by atoms with van der Waals surface area (Å²) in [6, 6.07) is 6.90. The largest absolute Gasteiger partial charge is 0.495 e. The molecule has 0 aromatic heterocycles. The fraction of sp³-hybridized carbons (Fsp3) is 0.182. The lowest BCUT2D eigenvalue weighted by Crippen LogP contribution is -2.29. The van der Waals surface area contributed by atoms with Crippen LogP contribution >= 0.6 is 15.9 Å². The number of carbonyl (C=O) groups is 1. The van der Waals surface area contributed by atoms with E-state index in [1.807, 2.05) is 12.1 Å². The average Bonchev–Trinajstić information content (AvgIpc) is 2.27. The minimum absolute atomic E-state index is 0.301. The highest BCUT2D eigenvalue weighted by Gasteiger charge is 2.05. The fourth-order valence-corrected chi connectivity index (χ4v) is 1.23. The molecule has 5 heteroatoms. The molecule has 1 rings (SSSR count). The van der Waals surface area contributed by atoms with Crippen molar-refractivity contribution in [1.82, 2.24) is 5.32 Å². The number of anilines is 1. The lowest BCUT2D eigenvalue weighted by atomic mass is 10.3. The topological polar surface area (TPSA) is 50.4 Å². The monoisotopic (exact) mass is 284 g/mol. The minimum atomic E-state index is -0.301. The van der Waals surface area contributed by atoms with Gasteiger partial charge in [-0.3, -0.25) is 0 Å². The predicted octanol–water partition coefficient (Wildman–Crippen LogP) is 2.73. The molecule has 4 nitrogen and oxygen atoms in total. The quantitative estimate of drug-likeness (QED) is 0.893. The van der Waals surface area contributed by atoms with Crippen LogP contribution in [0.1, 0.15) is 0 Å². The molecule has 2 amide bonds. The molecule has 0 heterocycles. The van der Waals surface area contributed by atoms with E-state index in [0.717, 1.165) is 0 Å². The van der Waals surface area contributed by atoms with Gasteiger partial charge < -0.3 is 15.4 Å². The maximum absolute atomic E-state index is 11.4. The Bertz CT molecular complexity index is 393. The Morgan fingerprint density at radius 3 is 2.81 bits per heavy atom. The third-order valence-corrected chi connectivity index (χ3v) is 2.08. The van der Waals surface area contributed by atoms with E-state index in [1.54, 1.807) is 19.2 Å². The van der Waals surface area contributed by atoms with Crippen LogP contribution in [-0.2, 0) is 0 Å². The Labute approximate surface area is 103 Å². The van der Waals surface area contributed by atoms with Crippen molar-refractivity contribution >= 4 is 27.6 Å². The van der Waals surface area contributed by atoms with Crippen LogP contribution in [0.4, 0.5) is 10.5 Å². The molecule has 0 fully saturated rings. The first-order valence-electron chi connectivity index (χ1n) is 4.64. The number of methoxy groups -OCH3 is 1. The van der Waals surface area contributed by atoms with Crippen molar-refractivity contribution in [3.05, 3.63) is 35.3 Å². The van der Waals surface area contributed by atoms with Gasteiger partial charge in [0.25, 0.3) is 0 Å². The van der Waals surface area contributed by atoms with E-state index in [4.69, 9.17) is 4.74 Å². The van der Waals surface area contributed by atoms with Crippen LogP contribution in [0.5, 0.6) is 5.75 Å². The van der Waals surface area contributed by atoms with E-state index in [-0.39, 0.29) is 6.03 Å². The molecule has 0 spiro atoms. The maximum Gasteiger partial charge on any atom is 0.319 e. The van der Waals surface area contributed by atoms with Crippen molar-refractivity contribution in [2.75, 3.05) is 19.0 Å².